The SMILES string of the molecule is COc1ccccc1C(=O)NC(C)c1ccc(-c2nn(C3CCNCC3)c3ncnc(N)c23)cc1. The molecule has 5 rings (SSSR count). The second kappa shape index (κ2) is 9.71. The van der Waals surface area contributed by atoms with Crippen molar-refractivity contribution in [2.45, 2.75) is 31.8 Å². The van der Waals surface area contributed by atoms with Crippen LogP contribution in [0.4, 0.5) is 5.82 Å². The lowest BCUT2D eigenvalue weighted by Crippen LogP contribution is -2.30. The quantitative estimate of drug-likeness (QED) is 0.394. The van der Waals surface area contributed by atoms with Gasteiger partial charge in [0.15, 0.2) is 5.65 Å². The molecule has 0 aliphatic carbocycles. The second-order valence-corrected chi connectivity index (χ2v) is 8.75. The van der Waals surface area contributed by atoms with Crippen LogP contribution >= 0.6 is 0 Å². The number of benzene rings is 2. The number of hydrogen-bond donors (Lipinski definition) is 3. The first-order valence-electron chi connectivity index (χ1n) is 11.8. The number of nitrogens with one attached hydrogen (secondary N) is 2. The lowest BCUT2D eigenvalue weighted by atomic mass is 10.0. The van der Waals surface area contributed by atoms with Crippen molar-refractivity contribution in [1.82, 2.24) is 30.4 Å². The Bertz CT molecular complexity index is 1340. The molecule has 0 spiro atoms. The molecule has 1 unspecified atom stereocenters. The van der Waals surface area contributed by atoms with Gasteiger partial charge in [0.05, 0.1) is 30.1 Å². The van der Waals surface area contributed by atoms with E-state index in [9.17, 15) is 4.79 Å². The number of anilines is 1. The molecule has 2 aromatic heterocycles. The van der Waals surface area contributed by atoms with E-state index >= 15 is 0 Å². The fourth-order valence-corrected chi connectivity index (χ4v) is 4.62. The topological polar surface area (TPSA) is 120 Å². The van der Waals surface area contributed by atoms with Gasteiger partial charge in [0, 0.05) is 5.56 Å². The number of hydrogen-bond acceptors (Lipinski definition) is 7. The van der Waals surface area contributed by atoms with E-state index in [0.29, 0.717) is 17.1 Å². The molecule has 180 valence electrons. The first-order chi connectivity index (χ1) is 17.1. The van der Waals surface area contributed by atoms with Crippen LogP contribution in [-0.2, 0) is 0 Å². The van der Waals surface area contributed by atoms with Crippen molar-refractivity contribution in [3.8, 4) is 17.0 Å². The molecule has 0 bridgehead atoms. The number of nitrogens with zero attached hydrogens (tertiary/aromatic N) is 4. The van der Waals surface area contributed by atoms with E-state index in [0.717, 1.165) is 53.8 Å². The van der Waals surface area contributed by atoms with Crippen molar-refractivity contribution in [2.75, 3.05) is 25.9 Å². The van der Waals surface area contributed by atoms with Crippen LogP contribution in [0.1, 0.15) is 47.8 Å². The van der Waals surface area contributed by atoms with Gasteiger partial charge in [0.25, 0.3) is 5.91 Å². The summed E-state index contributed by atoms with van der Waals surface area (Å²) in [5, 5.41) is 12.2. The molecular weight excluding hydrogens is 442 g/mol. The Balaban J connectivity index is 1.41. The van der Waals surface area contributed by atoms with E-state index in [2.05, 4.69) is 20.6 Å². The molecule has 0 saturated carbocycles. The number of methoxy groups -OCH3 is 1. The predicted octanol–water partition coefficient (Wildman–Crippen LogP) is 3.50. The summed E-state index contributed by atoms with van der Waals surface area (Å²) in [5.41, 5.74) is 10.2. The minimum Gasteiger partial charge on any atom is -0.496 e. The number of rotatable bonds is 6. The number of fused-ring (bicyclic) bond motifs is 1. The van der Waals surface area contributed by atoms with E-state index < -0.39 is 0 Å². The largest absolute Gasteiger partial charge is 0.496 e. The summed E-state index contributed by atoms with van der Waals surface area (Å²) in [6.07, 6.45) is 3.47. The lowest BCUT2D eigenvalue weighted by Gasteiger charge is -2.23. The van der Waals surface area contributed by atoms with E-state index in [-0.39, 0.29) is 18.0 Å². The van der Waals surface area contributed by atoms with Gasteiger partial charge in [-0.15, -0.1) is 0 Å². The van der Waals surface area contributed by atoms with Crippen LogP contribution in [0.5, 0.6) is 5.75 Å². The van der Waals surface area contributed by atoms with Gasteiger partial charge in [0.2, 0.25) is 0 Å². The van der Waals surface area contributed by atoms with Gasteiger partial charge >= 0.3 is 0 Å². The summed E-state index contributed by atoms with van der Waals surface area (Å²) in [4.78, 5) is 21.5. The number of ether oxygens (including phenoxy) is 1. The molecule has 35 heavy (non-hydrogen) atoms. The molecular formula is C26H29N7O2. The highest BCUT2D eigenvalue weighted by molar-refractivity contribution is 5.98. The highest BCUT2D eigenvalue weighted by Gasteiger charge is 2.24. The van der Waals surface area contributed by atoms with Crippen molar-refractivity contribution in [1.29, 1.82) is 0 Å². The summed E-state index contributed by atoms with van der Waals surface area (Å²) in [5.74, 6) is 0.783. The molecule has 4 N–H and O–H groups in total. The van der Waals surface area contributed by atoms with E-state index in [1.54, 1.807) is 19.2 Å². The van der Waals surface area contributed by atoms with Gasteiger partial charge in [-0.1, -0.05) is 36.4 Å². The second-order valence-electron chi connectivity index (χ2n) is 8.75. The highest BCUT2D eigenvalue weighted by Crippen LogP contribution is 2.34. The molecule has 2 aromatic carbocycles. The number of carbonyl (C=O) groups excluding carboxylic acids is 1. The number of piperidine rings is 1. The Morgan fingerprint density at radius 2 is 1.89 bits per heavy atom. The van der Waals surface area contributed by atoms with Crippen molar-refractivity contribution in [3.63, 3.8) is 0 Å². The van der Waals surface area contributed by atoms with Crippen LogP contribution in [0.3, 0.4) is 0 Å². The maximum Gasteiger partial charge on any atom is 0.255 e. The highest BCUT2D eigenvalue weighted by atomic mass is 16.5. The van der Waals surface area contributed by atoms with E-state index in [4.69, 9.17) is 15.6 Å². The van der Waals surface area contributed by atoms with Gasteiger partial charge in [-0.3, -0.25) is 4.79 Å². The van der Waals surface area contributed by atoms with Crippen LogP contribution in [0.25, 0.3) is 22.3 Å². The first-order valence-corrected chi connectivity index (χ1v) is 11.8. The lowest BCUT2D eigenvalue weighted by molar-refractivity contribution is 0.0937. The smallest absolute Gasteiger partial charge is 0.255 e. The van der Waals surface area contributed by atoms with Crippen molar-refractivity contribution >= 4 is 22.8 Å². The molecule has 1 aliphatic heterocycles. The minimum absolute atomic E-state index is 0.185. The Kier molecular flexibility index (Phi) is 6.33. The molecule has 9 nitrogen and oxygen atoms in total. The van der Waals surface area contributed by atoms with Gasteiger partial charge in [-0.05, 0) is 50.6 Å². The Hall–Kier alpha value is -3.98. The summed E-state index contributed by atoms with van der Waals surface area (Å²) in [7, 11) is 1.56. The predicted molar refractivity (Wildman–Crippen MR) is 135 cm³/mol. The summed E-state index contributed by atoms with van der Waals surface area (Å²) < 4.78 is 7.32. The molecule has 1 atom stereocenters. The zero-order valence-corrected chi connectivity index (χ0v) is 19.9. The van der Waals surface area contributed by atoms with Crippen LogP contribution in [0.2, 0.25) is 0 Å². The number of amides is 1. The number of nitrogen functional groups attached to an aromatic ring is 1. The molecule has 0 radical (unpaired) electrons. The average molecular weight is 472 g/mol. The van der Waals surface area contributed by atoms with Crippen LogP contribution in [0, 0.1) is 0 Å². The number of para-hydroxylation sites is 1. The maximum atomic E-state index is 12.8. The van der Waals surface area contributed by atoms with Crippen molar-refractivity contribution in [3.05, 3.63) is 66.0 Å². The Labute approximate surface area is 203 Å². The van der Waals surface area contributed by atoms with Crippen LogP contribution in [-0.4, -0.2) is 45.9 Å². The molecule has 1 fully saturated rings. The van der Waals surface area contributed by atoms with Crippen LogP contribution in [0.15, 0.2) is 54.9 Å². The fraction of sp³-hybridized carbons (Fsp3) is 0.308. The molecule has 1 saturated heterocycles. The van der Waals surface area contributed by atoms with E-state index in [1.807, 2.05) is 48.0 Å². The number of nitrogens with two attached hydrogens (primary N) is 1. The third kappa shape index (κ3) is 4.42. The standard InChI is InChI=1S/C26H29N7O2/c1-16(31-26(34)20-5-3-4-6-21(20)35-2)17-7-9-18(10-8-17)23-22-24(27)29-15-30-25(22)33(32-23)19-11-13-28-14-12-19/h3-10,15-16,19,28H,11-14H2,1-2H3,(H,31,34)(H2,27,29,30). The minimum atomic E-state index is -0.195. The molecule has 1 aliphatic rings. The summed E-state index contributed by atoms with van der Waals surface area (Å²) in [6.45, 7) is 3.86. The third-order valence-corrected chi connectivity index (χ3v) is 6.56. The molecule has 9 heteroatoms. The van der Waals surface area contributed by atoms with Gasteiger partial charge in [-0.2, -0.15) is 5.10 Å². The number of aromatic nitrogens is 4. The van der Waals surface area contributed by atoms with E-state index in [1.165, 1.54) is 6.33 Å². The summed E-state index contributed by atoms with van der Waals surface area (Å²) >= 11 is 0. The van der Waals surface area contributed by atoms with Gasteiger partial charge in [-0.25, -0.2) is 14.6 Å². The average Bonchev–Trinajstić information content (AvgIpc) is 3.30. The third-order valence-electron chi connectivity index (χ3n) is 6.56. The molecule has 1 amide bonds. The molecule has 4 aromatic rings. The number of carbonyl (C=O) groups is 1. The van der Waals surface area contributed by atoms with Gasteiger partial charge in [0.1, 0.15) is 23.6 Å². The zero-order valence-electron chi connectivity index (χ0n) is 19.9. The Morgan fingerprint density at radius 3 is 2.63 bits per heavy atom. The Morgan fingerprint density at radius 1 is 1.14 bits per heavy atom. The zero-order chi connectivity index (χ0) is 24.4. The van der Waals surface area contributed by atoms with Crippen molar-refractivity contribution < 1.29 is 9.53 Å². The maximum absolute atomic E-state index is 12.8. The fourth-order valence-electron chi connectivity index (χ4n) is 4.62. The van der Waals surface area contributed by atoms with Crippen molar-refractivity contribution in [2.24, 2.45) is 0 Å². The first kappa shape index (κ1) is 22.8. The molecule has 3 heterocycles. The van der Waals surface area contributed by atoms with Gasteiger partial charge < -0.3 is 21.1 Å². The normalized spacial score (nSPS) is 15.1. The summed E-state index contributed by atoms with van der Waals surface area (Å²) in [6, 6.07) is 15.3. The monoisotopic (exact) mass is 471 g/mol. The van der Waals surface area contributed by atoms with Crippen LogP contribution < -0.4 is 21.1 Å².